The van der Waals surface area contributed by atoms with Crippen molar-refractivity contribution in [1.29, 1.82) is 0 Å². The molecule has 0 aliphatic carbocycles. The first-order chi connectivity index (χ1) is 11.7. The molecule has 146 valence electrons. The standard InChI is InChI=1S/C23H50Ge/c1-5-9-13-14-15-16-17-18-19-23-24(20-10-6-2,21-11-7-3)22-12-8-4/h5-23H2,1-4H3. The molecular weight excluding hydrogens is 349 g/mol. The van der Waals surface area contributed by atoms with E-state index >= 15 is 0 Å². The predicted octanol–water partition coefficient (Wildman–Crippen LogP) is 9.37. The van der Waals surface area contributed by atoms with Crippen molar-refractivity contribution in [2.45, 2.75) is 145 Å². The van der Waals surface area contributed by atoms with Gasteiger partial charge in [0.2, 0.25) is 0 Å². The van der Waals surface area contributed by atoms with E-state index in [1.54, 1.807) is 27.4 Å². The Balaban J connectivity index is 4.07. The van der Waals surface area contributed by atoms with Crippen LogP contribution in [0.1, 0.15) is 124 Å². The van der Waals surface area contributed by atoms with Gasteiger partial charge in [-0.15, -0.1) is 0 Å². The SMILES string of the molecule is CCCCCCCCCC[CH2][Ge]([CH2]CCC)([CH2]CCC)[CH2]CCC. The Labute approximate surface area is 158 Å². The van der Waals surface area contributed by atoms with Gasteiger partial charge in [0.15, 0.2) is 0 Å². The average Bonchev–Trinajstić information content (AvgIpc) is 2.61. The van der Waals surface area contributed by atoms with E-state index < -0.39 is 13.3 Å². The summed E-state index contributed by atoms with van der Waals surface area (Å²) in [6.07, 6.45) is 22.3. The molecule has 0 aromatic carbocycles. The zero-order chi connectivity index (χ0) is 17.9. The fourth-order valence-corrected chi connectivity index (χ4v) is 16.4. The molecule has 0 N–H and O–H groups in total. The Hall–Kier alpha value is 0.543. The number of unbranched alkanes of at least 4 members (excludes halogenated alkanes) is 11. The van der Waals surface area contributed by atoms with Crippen molar-refractivity contribution < 1.29 is 0 Å². The summed E-state index contributed by atoms with van der Waals surface area (Å²) in [4.78, 5) is 0. The summed E-state index contributed by atoms with van der Waals surface area (Å²) in [6, 6.07) is 0. The molecular formula is C23H50Ge. The number of hydrogen-bond acceptors (Lipinski definition) is 0. The van der Waals surface area contributed by atoms with Gasteiger partial charge in [-0.05, 0) is 0 Å². The third-order valence-electron chi connectivity index (χ3n) is 5.99. The van der Waals surface area contributed by atoms with Crippen molar-refractivity contribution in [2.75, 3.05) is 0 Å². The quantitative estimate of drug-likeness (QED) is 0.150. The summed E-state index contributed by atoms with van der Waals surface area (Å²) in [5.74, 6) is 0. The number of hydrogen-bond donors (Lipinski definition) is 0. The van der Waals surface area contributed by atoms with Crippen LogP contribution in [-0.2, 0) is 0 Å². The maximum atomic E-state index is 2.39. The Bertz CT molecular complexity index is 214. The second-order valence-corrected chi connectivity index (χ2v) is 18.9. The third-order valence-corrected chi connectivity index (χ3v) is 17.9. The molecule has 0 unspecified atom stereocenters. The molecule has 0 bridgehead atoms. The topological polar surface area (TPSA) is 0 Å². The van der Waals surface area contributed by atoms with Gasteiger partial charge in [0.1, 0.15) is 0 Å². The van der Waals surface area contributed by atoms with E-state index in [1.807, 2.05) is 0 Å². The van der Waals surface area contributed by atoms with Gasteiger partial charge < -0.3 is 0 Å². The molecule has 0 fully saturated rings. The van der Waals surface area contributed by atoms with Gasteiger partial charge >= 0.3 is 158 Å². The minimum absolute atomic E-state index is 1.38. The van der Waals surface area contributed by atoms with Crippen LogP contribution in [0.25, 0.3) is 0 Å². The molecule has 24 heavy (non-hydrogen) atoms. The van der Waals surface area contributed by atoms with Crippen molar-refractivity contribution in [3.8, 4) is 0 Å². The monoisotopic (exact) mass is 400 g/mol. The summed E-state index contributed by atoms with van der Waals surface area (Å²) in [6.45, 7) is 9.49. The fraction of sp³-hybridized carbons (Fsp3) is 1.00. The molecule has 0 aromatic heterocycles. The van der Waals surface area contributed by atoms with Crippen molar-refractivity contribution >= 4 is 13.3 Å². The van der Waals surface area contributed by atoms with Crippen LogP contribution >= 0.6 is 0 Å². The fourth-order valence-electron chi connectivity index (χ4n) is 4.22. The molecule has 0 heterocycles. The molecule has 0 rings (SSSR count). The molecule has 0 spiro atoms. The molecule has 1 heteroatoms. The van der Waals surface area contributed by atoms with E-state index in [-0.39, 0.29) is 0 Å². The van der Waals surface area contributed by atoms with Gasteiger partial charge in [-0.25, -0.2) is 0 Å². The Morgan fingerprint density at radius 3 is 1.00 bits per heavy atom. The summed E-state index contributed by atoms with van der Waals surface area (Å²) < 4.78 is 0. The zero-order valence-corrected chi connectivity index (χ0v) is 20.0. The molecule has 0 amide bonds. The molecule has 0 aliphatic rings. The summed E-state index contributed by atoms with van der Waals surface area (Å²) in [5.41, 5.74) is 0. The third kappa shape index (κ3) is 13.8. The molecule has 0 aromatic rings. The molecule has 0 nitrogen and oxygen atoms in total. The van der Waals surface area contributed by atoms with Crippen LogP contribution in [0.4, 0.5) is 0 Å². The van der Waals surface area contributed by atoms with Gasteiger partial charge in [-0.2, -0.15) is 0 Å². The van der Waals surface area contributed by atoms with Crippen LogP contribution in [0.2, 0.25) is 21.0 Å². The van der Waals surface area contributed by atoms with Gasteiger partial charge in [0, 0.05) is 0 Å². The van der Waals surface area contributed by atoms with Crippen molar-refractivity contribution in [3.63, 3.8) is 0 Å². The van der Waals surface area contributed by atoms with Crippen LogP contribution in [0.3, 0.4) is 0 Å². The molecule has 0 saturated heterocycles. The number of rotatable bonds is 19. The van der Waals surface area contributed by atoms with Crippen LogP contribution in [0, 0.1) is 0 Å². The van der Waals surface area contributed by atoms with Crippen LogP contribution in [0.15, 0.2) is 0 Å². The average molecular weight is 399 g/mol. The molecule has 0 radical (unpaired) electrons. The first-order valence-electron chi connectivity index (χ1n) is 11.7. The Morgan fingerprint density at radius 2 is 0.625 bits per heavy atom. The van der Waals surface area contributed by atoms with Crippen LogP contribution < -0.4 is 0 Å². The minimum atomic E-state index is -1.52. The van der Waals surface area contributed by atoms with Gasteiger partial charge in [-0.3, -0.25) is 0 Å². The zero-order valence-electron chi connectivity index (χ0n) is 17.9. The summed E-state index contributed by atoms with van der Waals surface area (Å²) in [5, 5.41) is 6.77. The second-order valence-electron chi connectivity index (χ2n) is 8.39. The second kappa shape index (κ2) is 18.3. The predicted molar refractivity (Wildman–Crippen MR) is 117 cm³/mol. The molecule has 0 atom stereocenters. The van der Waals surface area contributed by atoms with Gasteiger partial charge in [0.25, 0.3) is 0 Å². The van der Waals surface area contributed by atoms with E-state index in [0.717, 1.165) is 0 Å². The summed E-state index contributed by atoms with van der Waals surface area (Å²) >= 11 is -1.52. The van der Waals surface area contributed by atoms with Crippen molar-refractivity contribution in [2.24, 2.45) is 0 Å². The van der Waals surface area contributed by atoms with E-state index in [0.29, 0.717) is 0 Å². The van der Waals surface area contributed by atoms with Crippen molar-refractivity contribution in [1.82, 2.24) is 0 Å². The normalized spacial score (nSPS) is 12.0. The molecule has 0 aliphatic heterocycles. The van der Waals surface area contributed by atoms with E-state index in [1.165, 1.54) is 89.9 Å². The Morgan fingerprint density at radius 1 is 0.333 bits per heavy atom. The van der Waals surface area contributed by atoms with Gasteiger partial charge in [-0.1, -0.05) is 0 Å². The van der Waals surface area contributed by atoms with Crippen LogP contribution in [-0.4, -0.2) is 13.3 Å². The first kappa shape index (κ1) is 24.5. The Kier molecular flexibility index (Phi) is 18.8. The first-order valence-corrected chi connectivity index (χ1v) is 17.7. The van der Waals surface area contributed by atoms with E-state index in [4.69, 9.17) is 0 Å². The van der Waals surface area contributed by atoms with Crippen LogP contribution in [0.5, 0.6) is 0 Å². The van der Waals surface area contributed by atoms with Gasteiger partial charge in [0.05, 0.1) is 0 Å². The van der Waals surface area contributed by atoms with Crippen molar-refractivity contribution in [3.05, 3.63) is 0 Å². The summed E-state index contributed by atoms with van der Waals surface area (Å²) in [7, 11) is 0. The molecule has 0 saturated carbocycles. The van der Waals surface area contributed by atoms with E-state index in [2.05, 4.69) is 27.7 Å². The maximum absolute atomic E-state index is 2.39. The van der Waals surface area contributed by atoms with E-state index in [9.17, 15) is 0 Å².